The third-order valence-electron chi connectivity index (χ3n) is 7.29. The van der Waals surface area contributed by atoms with Crippen LogP contribution in [-0.2, 0) is 20.7 Å². The Morgan fingerprint density at radius 3 is 2.23 bits per heavy atom. The first-order chi connectivity index (χ1) is 20.3. The molecular weight excluding hydrogens is 546 g/mol. The number of carbonyl (C=O) groups excluding carboxylic acids is 3. The lowest BCUT2D eigenvalue weighted by Gasteiger charge is -2.35. The van der Waals surface area contributed by atoms with Gasteiger partial charge in [-0.2, -0.15) is 0 Å². The minimum absolute atomic E-state index is 0.0925. The number of amides is 3. The summed E-state index contributed by atoms with van der Waals surface area (Å²) < 4.78 is 10.8. The van der Waals surface area contributed by atoms with Gasteiger partial charge in [0.1, 0.15) is 29.2 Å². The quantitative estimate of drug-likeness (QED) is 0.278. The normalized spacial score (nSPS) is 17.3. The van der Waals surface area contributed by atoms with E-state index in [1.165, 1.54) is 12.1 Å². The molecule has 1 aliphatic rings. The van der Waals surface area contributed by atoms with Crippen molar-refractivity contribution in [1.82, 2.24) is 10.2 Å². The minimum Gasteiger partial charge on any atom is -0.508 e. The summed E-state index contributed by atoms with van der Waals surface area (Å²) in [6.45, 7) is 9.22. The maximum atomic E-state index is 14.6. The Kier molecular flexibility index (Phi) is 9.63. The van der Waals surface area contributed by atoms with Gasteiger partial charge in [0, 0.05) is 18.2 Å². The van der Waals surface area contributed by atoms with E-state index in [9.17, 15) is 19.5 Å². The number of nitrogens with zero attached hydrogens (tertiary/aromatic N) is 1. The van der Waals surface area contributed by atoms with Crippen LogP contribution >= 0.6 is 0 Å². The van der Waals surface area contributed by atoms with Gasteiger partial charge >= 0.3 is 6.09 Å². The summed E-state index contributed by atoms with van der Waals surface area (Å²) >= 11 is 0. The van der Waals surface area contributed by atoms with Crippen molar-refractivity contribution in [3.8, 4) is 11.5 Å². The highest BCUT2D eigenvalue weighted by Gasteiger charge is 2.48. The summed E-state index contributed by atoms with van der Waals surface area (Å²) in [7, 11) is 1.57. The Morgan fingerprint density at radius 2 is 1.67 bits per heavy atom. The number of carbonyl (C=O) groups is 3. The number of hydrogen-bond donors (Lipinski definition) is 3. The second-order valence-electron chi connectivity index (χ2n) is 12.1. The Hall–Kier alpha value is -4.53. The van der Waals surface area contributed by atoms with Crippen LogP contribution in [0, 0.1) is 12.8 Å². The van der Waals surface area contributed by atoms with Gasteiger partial charge in [0.05, 0.1) is 7.11 Å². The van der Waals surface area contributed by atoms with Crippen molar-refractivity contribution in [2.75, 3.05) is 12.4 Å². The summed E-state index contributed by atoms with van der Waals surface area (Å²) in [5.41, 5.74) is 2.13. The predicted octanol–water partition coefficient (Wildman–Crippen LogP) is 5.76. The molecule has 1 fully saturated rings. The number of aryl methyl sites for hydroxylation is 1. The molecule has 1 aliphatic carbocycles. The van der Waals surface area contributed by atoms with Crippen LogP contribution in [0.15, 0.2) is 72.8 Å². The van der Waals surface area contributed by atoms with Crippen molar-refractivity contribution >= 4 is 23.6 Å². The molecule has 228 valence electrons. The molecule has 0 heterocycles. The van der Waals surface area contributed by atoms with E-state index in [0.29, 0.717) is 17.0 Å². The van der Waals surface area contributed by atoms with E-state index in [1.54, 1.807) is 69.2 Å². The van der Waals surface area contributed by atoms with Crippen LogP contribution in [0.4, 0.5) is 10.5 Å². The molecule has 4 unspecified atom stereocenters. The summed E-state index contributed by atoms with van der Waals surface area (Å²) in [6, 6.07) is 18.8. The summed E-state index contributed by atoms with van der Waals surface area (Å²) in [4.78, 5) is 43.3. The van der Waals surface area contributed by atoms with Gasteiger partial charge in [0.15, 0.2) is 0 Å². The minimum atomic E-state index is -1.03. The van der Waals surface area contributed by atoms with Crippen LogP contribution < -0.4 is 15.4 Å². The van der Waals surface area contributed by atoms with Gasteiger partial charge in [0.2, 0.25) is 5.91 Å². The third kappa shape index (κ3) is 8.50. The zero-order valence-corrected chi connectivity index (χ0v) is 25.6. The first-order valence-corrected chi connectivity index (χ1v) is 14.5. The second kappa shape index (κ2) is 13.2. The molecule has 0 aliphatic heterocycles. The summed E-state index contributed by atoms with van der Waals surface area (Å²) in [5.74, 6) is 0.145. The van der Waals surface area contributed by atoms with E-state index in [2.05, 4.69) is 10.6 Å². The van der Waals surface area contributed by atoms with Crippen LogP contribution in [0.3, 0.4) is 0 Å². The van der Waals surface area contributed by atoms with E-state index >= 15 is 0 Å². The van der Waals surface area contributed by atoms with Crippen molar-refractivity contribution in [2.45, 2.75) is 71.2 Å². The van der Waals surface area contributed by atoms with Crippen molar-refractivity contribution in [2.24, 2.45) is 5.92 Å². The maximum Gasteiger partial charge on any atom is 0.408 e. The highest BCUT2D eigenvalue weighted by atomic mass is 16.6. The standard InChI is InChI=1S/C34H41N3O6/c1-21-8-7-9-24(18-21)30(31(39)35-25-12-16-27(42-6)17-13-25)37(29-19-22(29)2)32(40)28(36-33(41)43-34(3,4)5)20-23-10-14-26(38)15-11-23/h7-18,22,28-30,38H,19-20H2,1-6H3,(H,35,39)(H,36,41). The summed E-state index contributed by atoms with van der Waals surface area (Å²) in [5, 5.41) is 15.5. The van der Waals surface area contributed by atoms with Crippen LogP contribution in [0.1, 0.15) is 56.8 Å². The first kappa shape index (κ1) is 31.4. The third-order valence-corrected chi connectivity index (χ3v) is 7.29. The number of rotatable bonds is 10. The Labute approximate surface area is 253 Å². The van der Waals surface area contributed by atoms with Crippen molar-refractivity contribution < 1.29 is 29.0 Å². The number of alkyl carbamates (subject to hydrolysis) is 1. The monoisotopic (exact) mass is 587 g/mol. The smallest absolute Gasteiger partial charge is 0.408 e. The molecule has 9 nitrogen and oxygen atoms in total. The summed E-state index contributed by atoms with van der Waals surface area (Å²) in [6.07, 6.45) is 0.127. The molecule has 3 amide bonds. The molecule has 4 atom stereocenters. The predicted molar refractivity (Wildman–Crippen MR) is 165 cm³/mol. The number of aromatic hydroxyl groups is 1. The number of hydrogen-bond acceptors (Lipinski definition) is 6. The Balaban J connectivity index is 1.73. The van der Waals surface area contributed by atoms with Crippen LogP contribution in [0.5, 0.6) is 11.5 Å². The topological polar surface area (TPSA) is 117 Å². The lowest BCUT2D eigenvalue weighted by atomic mass is 9.98. The number of nitrogens with one attached hydrogen (secondary N) is 2. The molecule has 1 saturated carbocycles. The lowest BCUT2D eigenvalue weighted by molar-refractivity contribution is -0.141. The molecule has 0 bridgehead atoms. The average molecular weight is 588 g/mol. The molecule has 0 saturated heterocycles. The molecule has 9 heteroatoms. The molecule has 0 radical (unpaired) electrons. The zero-order chi connectivity index (χ0) is 31.3. The molecule has 3 aromatic carbocycles. The van der Waals surface area contributed by atoms with Gasteiger partial charge in [-0.1, -0.05) is 48.9 Å². The van der Waals surface area contributed by atoms with E-state index in [1.807, 2.05) is 38.1 Å². The Bertz CT molecular complexity index is 1430. The van der Waals surface area contributed by atoms with Gasteiger partial charge in [-0.05, 0) is 87.6 Å². The van der Waals surface area contributed by atoms with Gasteiger partial charge in [-0.25, -0.2) is 4.79 Å². The van der Waals surface area contributed by atoms with E-state index in [0.717, 1.165) is 17.5 Å². The number of ether oxygens (including phenoxy) is 2. The van der Waals surface area contributed by atoms with Gasteiger partial charge in [-0.3, -0.25) is 9.59 Å². The number of phenolic OH excluding ortho intramolecular Hbond substituents is 1. The fourth-order valence-electron chi connectivity index (χ4n) is 5.03. The fraction of sp³-hybridized carbons (Fsp3) is 0.382. The molecule has 43 heavy (non-hydrogen) atoms. The van der Waals surface area contributed by atoms with Gasteiger partial charge < -0.3 is 30.1 Å². The lowest BCUT2D eigenvalue weighted by Crippen LogP contribution is -2.54. The number of anilines is 1. The number of methoxy groups -OCH3 is 1. The van der Waals surface area contributed by atoms with Crippen LogP contribution in [0.2, 0.25) is 0 Å². The van der Waals surface area contributed by atoms with E-state index < -0.39 is 29.7 Å². The van der Waals surface area contributed by atoms with Gasteiger partial charge in [0.25, 0.3) is 5.91 Å². The second-order valence-corrected chi connectivity index (χ2v) is 12.1. The molecule has 3 N–H and O–H groups in total. The molecule has 0 aromatic heterocycles. The zero-order valence-electron chi connectivity index (χ0n) is 25.6. The molecule has 0 spiro atoms. The van der Waals surface area contributed by atoms with E-state index in [4.69, 9.17) is 9.47 Å². The van der Waals surface area contributed by atoms with Crippen LogP contribution in [-0.4, -0.2) is 52.7 Å². The van der Waals surface area contributed by atoms with Crippen molar-refractivity contribution in [3.63, 3.8) is 0 Å². The number of benzene rings is 3. The van der Waals surface area contributed by atoms with Crippen LogP contribution in [0.25, 0.3) is 0 Å². The SMILES string of the molecule is COc1ccc(NC(=O)C(c2cccc(C)c2)N(C(=O)C(Cc2ccc(O)cc2)NC(=O)OC(C)(C)C)C2CC2C)cc1. The highest BCUT2D eigenvalue weighted by molar-refractivity contribution is 5.99. The van der Waals surface area contributed by atoms with Crippen molar-refractivity contribution in [1.29, 1.82) is 0 Å². The van der Waals surface area contributed by atoms with Gasteiger partial charge in [-0.15, -0.1) is 0 Å². The molecule has 3 aromatic rings. The fourth-order valence-corrected chi connectivity index (χ4v) is 5.03. The number of phenols is 1. The average Bonchev–Trinajstić information content (AvgIpc) is 3.66. The first-order valence-electron chi connectivity index (χ1n) is 14.5. The molecule has 4 rings (SSSR count). The largest absolute Gasteiger partial charge is 0.508 e. The van der Waals surface area contributed by atoms with E-state index in [-0.39, 0.29) is 30.0 Å². The highest BCUT2D eigenvalue weighted by Crippen LogP contribution is 2.41. The van der Waals surface area contributed by atoms with Crippen molar-refractivity contribution in [3.05, 3.63) is 89.5 Å². The maximum absolute atomic E-state index is 14.6. The Morgan fingerprint density at radius 1 is 1.02 bits per heavy atom. The molecular formula is C34H41N3O6.